The van der Waals surface area contributed by atoms with Crippen molar-refractivity contribution in [1.29, 1.82) is 0 Å². The number of esters is 2. The van der Waals surface area contributed by atoms with E-state index in [0.29, 0.717) is 26.1 Å². The molecule has 0 aromatic heterocycles. The number of hydrogen-bond donors (Lipinski definition) is 0. The van der Waals surface area contributed by atoms with Crippen molar-refractivity contribution in [2.24, 2.45) is 0 Å². The largest absolute Gasteiger partial charge is 0.465 e. The minimum absolute atomic E-state index is 0.350. The van der Waals surface area contributed by atoms with Crippen LogP contribution >= 0.6 is 23.2 Å². The van der Waals surface area contributed by atoms with Gasteiger partial charge in [-0.25, -0.2) is 0 Å². The highest BCUT2D eigenvalue weighted by Crippen LogP contribution is 2.06. The molecule has 19 heavy (non-hydrogen) atoms. The summed E-state index contributed by atoms with van der Waals surface area (Å²) in [5.41, 5.74) is 0. The second kappa shape index (κ2) is 11.4. The van der Waals surface area contributed by atoms with E-state index in [-0.39, 0.29) is 11.9 Å². The van der Waals surface area contributed by atoms with Crippen LogP contribution in [0, 0.1) is 0 Å². The van der Waals surface area contributed by atoms with Gasteiger partial charge in [0.05, 0.1) is 13.2 Å². The molecule has 0 saturated heterocycles. The van der Waals surface area contributed by atoms with Crippen molar-refractivity contribution in [1.82, 2.24) is 0 Å². The Labute approximate surface area is 124 Å². The molecule has 0 aromatic carbocycles. The fourth-order valence-corrected chi connectivity index (χ4v) is 1.37. The Morgan fingerprint density at radius 1 is 0.842 bits per heavy atom. The highest BCUT2D eigenvalue weighted by atomic mass is 35.5. The molecule has 0 rings (SSSR count). The average Bonchev–Trinajstić information content (AvgIpc) is 2.43. The van der Waals surface area contributed by atoms with Gasteiger partial charge < -0.3 is 9.47 Å². The molecule has 0 N–H and O–H groups in total. The van der Waals surface area contributed by atoms with Gasteiger partial charge in [0.25, 0.3) is 0 Å². The first kappa shape index (κ1) is 18.5. The third-order valence-electron chi connectivity index (χ3n) is 2.51. The van der Waals surface area contributed by atoms with Crippen LogP contribution < -0.4 is 0 Å². The Morgan fingerprint density at radius 3 is 1.53 bits per heavy atom. The molecular formula is C13H22Cl2O4. The van der Waals surface area contributed by atoms with E-state index in [1.165, 1.54) is 0 Å². The zero-order chi connectivity index (χ0) is 14.7. The number of halogens is 2. The Morgan fingerprint density at radius 2 is 1.21 bits per heavy atom. The van der Waals surface area contributed by atoms with Gasteiger partial charge in [0.2, 0.25) is 0 Å². The summed E-state index contributed by atoms with van der Waals surface area (Å²) in [6.45, 7) is 4.35. The summed E-state index contributed by atoms with van der Waals surface area (Å²) in [5.74, 6) is -0.743. The number of alkyl halides is 2. The van der Waals surface area contributed by atoms with Crippen LogP contribution in [0.4, 0.5) is 0 Å². The predicted molar refractivity (Wildman–Crippen MR) is 75.6 cm³/mol. The maximum absolute atomic E-state index is 11.2. The van der Waals surface area contributed by atoms with E-state index >= 15 is 0 Å². The van der Waals surface area contributed by atoms with Crippen LogP contribution in [0.3, 0.4) is 0 Å². The van der Waals surface area contributed by atoms with Crippen molar-refractivity contribution < 1.29 is 19.1 Å². The average molecular weight is 313 g/mol. The molecule has 0 radical (unpaired) electrons. The molecule has 0 aliphatic heterocycles. The minimum Gasteiger partial charge on any atom is -0.465 e. The SMILES string of the molecule is CCC(Cl)C(=O)OCCCCCOC(=O)C(Cl)CC. The molecule has 0 bridgehead atoms. The van der Waals surface area contributed by atoms with Gasteiger partial charge in [-0.1, -0.05) is 13.8 Å². The first-order valence-electron chi connectivity index (χ1n) is 6.64. The maximum atomic E-state index is 11.2. The van der Waals surface area contributed by atoms with Crippen LogP contribution in [0.5, 0.6) is 0 Å². The van der Waals surface area contributed by atoms with Gasteiger partial charge in [0, 0.05) is 0 Å². The zero-order valence-corrected chi connectivity index (χ0v) is 13.0. The van der Waals surface area contributed by atoms with E-state index in [0.717, 1.165) is 19.3 Å². The van der Waals surface area contributed by atoms with E-state index in [1.54, 1.807) is 0 Å². The quantitative estimate of drug-likeness (QED) is 0.353. The summed E-state index contributed by atoms with van der Waals surface area (Å²) in [6, 6.07) is 0. The topological polar surface area (TPSA) is 52.6 Å². The van der Waals surface area contributed by atoms with Gasteiger partial charge in [0.15, 0.2) is 0 Å². The molecule has 0 spiro atoms. The van der Waals surface area contributed by atoms with E-state index in [2.05, 4.69) is 0 Å². The fraction of sp³-hybridized carbons (Fsp3) is 0.846. The molecule has 0 aliphatic carbocycles. The smallest absolute Gasteiger partial charge is 0.324 e. The van der Waals surface area contributed by atoms with Crippen molar-refractivity contribution in [2.75, 3.05) is 13.2 Å². The van der Waals surface area contributed by atoms with E-state index < -0.39 is 10.8 Å². The second-order valence-electron chi connectivity index (χ2n) is 4.15. The summed E-state index contributed by atoms with van der Waals surface area (Å²) >= 11 is 11.4. The number of ether oxygens (including phenoxy) is 2. The van der Waals surface area contributed by atoms with Crippen molar-refractivity contribution in [2.45, 2.75) is 56.7 Å². The lowest BCUT2D eigenvalue weighted by molar-refractivity contribution is -0.143. The van der Waals surface area contributed by atoms with E-state index in [1.807, 2.05) is 13.8 Å². The molecule has 0 aromatic rings. The first-order valence-corrected chi connectivity index (χ1v) is 7.51. The number of rotatable bonds is 10. The van der Waals surface area contributed by atoms with E-state index in [4.69, 9.17) is 32.7 Å². The monoisotopic (exact) mass is 312 g/mol. The third-order valence-corrected chi connectivity index (χ3v) is 3.48. The molecular weight excluding hydrogens is 291 g/mol. The highest BCUT2D eigenvalue weighted by molar-refractivity contribution is 6.30. The number of unbranched alkanes of at least 4 members (excludes halogenated alkanes) is 2. The molecule has 6 heteroatoms. The number of hydrogen-bond acceptors (Lipinski definition) is 4. The summed E-state index contributed by atoms with van der Waals surface area (Å²) in [7, 11) is 0. The van der Waals surface area contributed by atoms with Crippen molar-refractivity contribution in [3.63, 3.8) is 0 Å². The maximum Gasteiger partial charge on any atom is 0.324 e. The van der Waals surface area contributed by atoms with Gasteiger partial charge in [-0.3, -0.25) is 9.59 Å². The van der Waals surface area contributed by atoms with Gasteiger partial charge in [-0.15, -0.1) is 23.2 Å². The Bertz CT molecular complexity index is 245. The van der Waals surface area contributed by atoms with Crippen LogP contribution in [0.25, 0.3) is 0 Å². The molecule has 0 saturated carbocycles. The molecule has 2 atom stereocenters. The number of carbonyl (C=O) groups is 2. The van der Waals surface area contributed by atoms with Gasteiger partial charge in [0.1, 0.15) is 10.8 Å². The molecule has 4 nitrogen and oxygen atoms in total. The van der Waals surface area contributed by atoms with Crippen LogP contribution in [-0.4, -0.2) is 35.9 Å². The fourth-order valence-electron chi connectivity index (χ4n) is 1.24. The lowest BCUT2D eigenvalue weighted by Crippen LogP contribution is -2.18. The Hall–Kier alpha value is -0.480. The molecule has 0 fully saturated rings. The van der Waals surface area contributed by atoms with Crippen molar-refractivity contribution in [3.8, 4) is 0 Å². The normalized spacial score (nSPS) is 13.7. The standard InChI is InChI=1S/C13H22Cl2O4/c1-3-10(14)12(16)18-8-6-5-7-9-19-13(17)11(15)4-2/h10-11H,3-9H2,1-2H3. The predicted octanol–water partition coefficient (Wildman–Crippen LogP) is 3.28. The van der Waals surface area contributed by atoms with Gasteiger partial charge in [-0.05, 0) is 32.1 Å². The first-order chi connectivity index (χ1) is 9.02. The zero-order valence-electron chi connectivity index (χ0n) is 11.5. The van der Waals surface area contributed by atoms with Gasteiger partial charge in [-0.2, -0.15) is 0 Å². The summed E-state index contributed by atoms with van der Waals surface area (Å²) < 4.78 is 9.96. The van der Waals surface area contributed by atoms with E-state index in [9.17, 15) is 9.59 Å². The van der Waals surface area contributed by atoms with Crippen LogP contribution in [-0.2, 0) is 19.1 Å². The third kappa shape index (κ3) is 9.11. The summed E-state index contributed by atoms with van der Waals surface area (Å²) in [4.78, 5) is 22.4. The minimum atomic E-state index is -0.560. The second-order valence-corrected chi connectivity index (χ2v) is 5.20. The lowest BCUT2D eigenvalue weighted by Gasteiger charge is -2.09. The summed E-state index contributed by atoms with van der Waals surface area (Å²) in [6.07, 6.45) is 3.41. The Kier molecular flexibility index (Phi) is 11.1. The number of carbonyl (C=O) groups excluding carboxylic acids is 2. The molecule has 0 heterocycles. The van der Waals surface area contributed by atoms with Gasteiger partial charge >= 0.3 is 11.9 Å². The van der Waals surface area contributed by atoms with Crippen molar-refractivity contribution >= 4 is 35.1 Å². The lowest BCUT2D eigenvalue weighted by atomic mass is 10.2. The van der Waals surface area contributed by atoms with Crippen molar-refractivity contribution in [3.05, 3.63) is 0 Å². The van der Waals surface area contributed by atoms with Crippen LogP contribution in [0.1, 0.15) is 46.0 Å². The molecule has 0 aliphatic rings. The molecule has 0 amide bonds. The Balaban J connectivity index is 3.42. The van der Waals surface area contributed by atoms with Crippen LogP contribution in [0.15, 0.2) is 0 Å². The molecule has 2 unspecified atom stereocenters. The summed E-state index contributed by atoms with van der Waals surface area (Å²) in [5, 5.41) is -1.12. The molecule has 112 valence electrons. The van der Waals surface area contributed by atoms with Crippen LogP contribution in [0.2, 0.25) is 0 Å². The highest BCUT2D eigenvalue weighted by Gasteiger charge is 2.14.